The highest BCUT2D eigenvalue weighted by Gasteiger charge is 2.14. The molecule has 9 heteroatoms. The molecule has 0 aliphatic heterocycles. The van der Waals surface area contributed by atoms with E-state index in [4.69, 9.17) is 4.74 Å². The highest BCUT2D eigenvalue weighted by molar-refractivity contribution is 9.10. The van der Waals surface area contributed by atoms with E-state index in [9.17, 15) is 9.59 Å². The molecule has 0 fully saturated rings. The third-order valence-electron chi connectivity index (χ3n) is 5.04. The molecule has 4 aromatic rings. The van der Waals surface area contributed by atoms with Crippen molar-refractivity contribution in [1.29, 1.82) is 0 Å². The van der Waals surface area contributed by atoms with Crippen LogP contribution in [0, 0.1) is 0 Å². The summed E-state index contributed by atoms with van der Waals surface area (Å²) in [4.78, 5) is 29.9. The van der Waals surface area contributed by atoms with Gasteiger partial charge in [-0.25, -0.2) is 4.98 Å². The van der Waals surface area contributed by atoms with E-state index >= 15 is 0 Å². The third-order valence-corrected chi connectivity index (χ3v) is 6.16. The molecule has 0 unspecified atom stereocenters. The van der Waals surface area contributed by atoms with Crippen LogP contribution in [0.2, 0.25) is 0 Å². The minimum absolute atomic E-state index is 0.00237. The molecule has 178 valence electrons. The zero-order chi connectivity index (χ0) is 24.9. The largest absolute Gasteiger partial charge is 0.483 e. The van der Waals surface area contributed by atoms with Gasteiger partial charge in [-0.2, -0.15) is 9.78 Å². The van der Waals surface area contributed by atoms with Crippen LogP contribution in [-0.2, 0) is 4.79 Å². The van der Waals surface area contributed by atoms with Gasteiger partial charge in [0.15, 0.2) is 6.61 Å². The molecule has 0 spiro atoms. The average molecular weight is 598 g/mol. The van der Waals surface area contributed by atoms with Gasteiger partial charge in [-0.15, -0.1) is 0 Å². The number of nitrogens with one attached hydrogen (secondary N) is 1. The number of anilines is 1. The van der Waals surface area contributed by atoms with E-state index in [1.54, 1.807) is 30.5 Å². The topological polar surface area (TPSA) is 85.6 Å². The van der Waals surface area contributed by atoms with Gasteiger partial charge in [0.05, 0.1) is 21.6 Å². The molecule has 0 radical (unpaired) electrons. The lowest BCUT2D eigenvalue weighted by molar-refractivity contribution is -0.118. The molecule has 0 saturated carbocycles. The summed E-state index contributed by atoms with van der Waals surface area (Å²) in [6, 6.07) is 19.9. The third kappa shape index (κ3) is 6.04. The zero-order valence-electron chi connectivity index (χ0n) is 19.0. The number of rotatable bonds is 7. The Bertz CT molecular complexity index is 1470. The van der Waals surface area contributed by atoms with Crippen molar-refractivity contribution >= 4 is 60.6 Å². The number of ether oxygens (including phenoxy) is 1. The number of fused-ring (bicyclic) bond motifs is 1. The number of hydrogen-bond donors (Lipinski definition) is 1. The molecule has 7 nitrogen and oxygen atoms in total. The monoisotopic (exact) mass is 596 g/mol. The minimum atomic E-state index is -0.259. The van der Waals surface area contributed by atoms with Crippen LogP contribution in [0.3, 0.4) is 0 Å². The maximum atomic E-state index is 13.1. The second-order valence-electron chi connectivity index (χ2n) is 8.04. The molecule has 1 aromatic heterocycles. The molecule has 35 heavy (non-hydrogen) atoms. The summed E-state index contributed by atoms with van der Waals surface area (Å²) in [7, 11) is 0. The van der Waals surface area contributed by atoms with E-state index in [-0.39, 0.29) is 24.0 Å². The molecule has 0 aliphatic carbocycles. The second-order valence-corrected chi connectivity index (χ2v) is 9.81. The first-order chi connectivity index (χ1) is 16.8. The Kier molecular flexibility index (Phi) is 7.77. The van der Waals surface area contributed by atoms with Crippen molar-refractivity contribution in [3.05, 3.63) is 97.4 Å². The number of hydrogen-bond acceptors (Lipinski definition) is 5. The Morgan fingerprint density at radius 3 is 2.60 bits per heavy atom. The first-order valence-corrected chi connectivity index (χ1v) is 12.4. The minimum Gasteiger partial charge on any atom is -0.483 e. The maximum absolute atomic E-state index is 13.1. The molecular weight excluding hydrogens is 576 g/mol. The Morgan fingerprint density at radius 2 is 1.89 bits per heavy atom. The van der Waals surface area contributed by atoms with Gasteiger partial charge in [0.2, 0.25) is 0 Å². The van der Waals surface area contributed by atoms with Crippen LogP contribution in [0.5, 0.6) is 5.75 Å². The number of carbonyl (C=O) groups is 1. The van der Waals surface area contributed by atoms with Gasteiger partial charge in [-0.1, -0.05) is 48.0 Å². The van der Waals surface area contributed by atoms with Gasteiger partial charge < -0.3 is 10.1 Å². The first kappa shape index (κ1) is 24.8. The summed E-state index contributed by atoms with van der Waals surface area (Å²) in [6.07, 6.45) is 1.59. The summed E-state index contributed by atoms with van der Waals surface area (Å²) in [5.74, 6) is 0.828. The predicted octanol–water partition coefficient (Wildman–Crippen LogP) is 5.94. The van der Waals surface area contributed by atoms with Crippen molar-refractivity contribution in [2.75, 3.05) is 11.9 Å². The molecule has 0 atom stereocenters. The Morgan fingerprint density at radius 1 is 1.11 bits per heavy atom. The summed E-state index contributed by atoms with van der Waals surface area (Å²) in [5.41, 5.74) is 1.85. The summed E-state index contributed by atoms with van der Waals surface area (Å²) < 4.78 is 8.44. The van der Waals surface area contributed by atoms with Gasteiger partial charge in [0.25, 0.3) is 11.5 Å². The lowest BCUT2D eigenvalue weighted by Crippen LogP contribution is -2.23. The van der Waals surface area contributed by atoms with E-state index in [1.165, 1.54) is 4.68 Å². The molecule has 1 heterocycles. The Labute approximate surface area is 219 Å². The fourth-order valence-electron chi connectivity index (χ4n) is 3.35. The van der Waals surface area contributed by atoms with Crippen LogP contribution in [-0.4, -0.2) is 28.4 Å². The number of benzene rings is 3. The molecule has 4 rings (SSSR count). The molecule has 1 N–H and O–H groups in total. The number of nitrogens with zero attached hydrogens (tertiary/aromatic N) is 3. The fourth-order valence-corrected chi connectivity index (χ4v) is 4.22. The van der Waals surface area contributed by atoms with Crippen LogP contribution in [0.25, 0.3) is 10.9 Å². The van der Waals surface area contributed by atoms with Crippen molar-refractivity contribution in [2.45, 2.75) is 19.8 Å². The first-order valence-electron chi connectivity index (χ1n) is 10.9. The molecule has 1 amide bonds. The molecule has 3 aromatic carbocycles. The summed E-state index contributed by atoms with van der Waals surface area (Å²) in [5, 5.41) is 7.71. The number of amides is 1. The van der Waals surface area contributed by atoms with Gasteiger partial charge in [0.1, 0.15) is 11.6 Å². The van der Waals surface area contributed by atoms with Crippen molar-refractivity contribution in [1.82, 2.24) is 9.66 Å². The quantitative estimate of drug-likeness (QED) is 0.267. The Balaban J connectivity index is 1.52. The van der Waals surface area contributed by atoms with E-state index in [1.807, 2.05) is 56.3 Å². The standard InChI is InChI=1S/C26H22Br2N4O3/c1-16(2)25-31-22-10-9-18(27)13-20(22)26(34)32(25)29-14-17-8-11-23(21(28)12-17)35-15-24(33)30-19-6-4-3-5-7-19/h3-14,16H,15H2,1-2H3,(H,30,33). The predicted molar refractivity (Wildman–Crippen MR) is 145 cm³/mol. The normalized spacial score (nSPS) is 11.3. The van der Waals surface area contributed by atoms with Crippen LogP contribution in [0.15, 0.2) is 85.6 Å². The molecule has 0 saturated heterocycles. The number of aromatic nitrogens is 2. The summed E-state index contributed by atoms with van der Waals surface area (Å²) >= 11 is 6.89. The van der Waals surface area contributed by atoms with Crippen LogP contribution in [0.1, 0.15) is 31.2 Å². The smallest absolute Gasteiger partial charge is 0.282 e. The van der Waals surface area contributed by atoms with Gasteiger partial charge >= 0.3 is 0 Å². The number of carbonyl (C=O) groups excluding carboxylic acids is 1. The fraction of sp³-hybridized carbons (Fsp3) is 0.154. The highest BCUT2D eigenvalue weighted by Crippen LogP contribution is 2.26. The second kappa shape index (κ2) is 11.0. The summed E-state index contributed by atoms with van der Waals surface area (Å²) in [6.45, 7) is 3.80. The van der Waals surface area contributed by atoms with Crippen molar-refractivity contribution < 1.29 is 9.53 Å². The van der Waals surface area contributed by atoms with Crippen LogP contribution in [0.4, 0.5) is 5.69 Å². The van der Waals surface area contributed by atoms with Crippen LogP contribution >= 0.6 is 31.9 Å². The van der Waals surface area contributed by atoms with Gasteiger partial charge in [-0.3, -0.25) is 9.59 Å². The van der Waals surface area contributed by atoms with Gasteiger partial charge in [0, 0.05) is 16.1 Å². The zero-order valence-corrected chi connectivity index (χ0v) is 22.2. The van der Waals surface area contributed by atoms with E-state index < -0.39 is 0 Å². The number of para-hydroxylation sites is 1. The maximum Gasteiger partial charge on any atom is 0.282 e. The molecule has 0 aliphatic rings. The lowest BCUT2D eigenvalue weighted by Gasteiger charge is -2.12. The van der Waals surface area contributed by atoms with E-state index in [0.29, 0.717) is 32.6 Å². The number of halogens is 2. The van der Waals surface area contributed by atoms with Crippen molar-refractivity contribution in [3.63, 3.8) is 0 Å². The Hall–Kier alpha value is -3.30. The molecule has 0 bridgehead atoms. The van der Waals surface area contributed by atoms with Crippen molar-refractivity contribution in [2.24, 2.45) is 5.10 Å². The average Bonchev–Trinajstić information content (AvgIpc) is 2.83. The SMILES string of the molecule is CC(C)c1nc2ccc(Br)cc2c(=O)n1N=Cc1ccc(OCC(=O)Nc2ccccc2)c(Br)c1. The van der Waals surface area contributed by atoms with Gasteiger partial charge in [-0.05, 0) is 70.0 Å². The van der Waals surface area contributed by atoms with Crippen molar-refractivity contribution in [3.8, 4) is 5.75 Å². The van der Waals surface area contributed by atoms with Crippen LogP contribution < -0.4 is 15.6 Å². The lowest BCUT2D eigenvalue weighted by atomic mass is 10.2. The van der Waals surface area contributed by atoms with E-state index in [2.05, 4.69) is 47.3 Å². The highest BCUT2D eigenvalue weighted by atomic mass is 79.9. The molecular formula is C26H22Br2N4O3. The van der Waals surface area contributed by atoms with E-state index in [0.717, 1.165) is 10.0 Å².